The van der Waals surface area contributed by atoms with E-state index in [1.54, 1.807) is 6.07 Å². The highest BCUT2D eigenvalue weighted by Gasteiger charge is 2.46. The quantitative estimate of drug-likeness (QED) is 0.239. The molecule has 0 spiro atoms. The highest BCUT2D eigenvalue weighted by atomic mass is 19.1. The largest absolute Gasteiger partial charge is 0.507 e. The standard InChI is InChI=1S/C22H22FN3O5/c1-24(2)11-6-12-25-19(16-9-3-4-10-17(16)23)18(21(28)22(25)29)20(27)14-7-5-8-15(13-14)26(30)31/h3-5,7-10,13,19,27H,6,11-12H2,1-2H3/b20-18+. The number of nitrogens with zero attached hydrogens (tertiary/aromatic N) is 3. The predicted octanol–water partition coefficient (Wildman–Crippen LogP) is 3.11. The molecular formula is C22H22FN3O5. The van der Waals surface area contributed by atoms with Crippen molar-refractivity contribution in [2.24, 2.45) is 0 Å². The predicted molar refractivity (Wildman–Crippen MR) is 112 cm³/mol. The number of hydrogen-bond donors (Lipinski definition) is 1. The van der Waals surface area contributed by atoms with E-state index in [-0.39, 0.29) is 28.9 Å². The van der Waals surface area contributed by atoms with Crippen LogP contribution >= 0.6 is 0 Å². The summed E-state index contributed by atoms with van der Waals surface area (Å²) in [6, 6.07) is 9.68. The first-order valence-corrected chi connectivity index (χ1v) is 9.64. The Bertz CT molecular complexity index is 1070. The Labute approximate surface area is 178 Å². The van der Waals surface area contributed by atoms with Gasteiger partial charge in [0.25, 0.3) is 17.4 Å². The smallest absolute Gasteiger partial charge is 0.295 e. The van der Waals surface area contributed by atoms with Crippen LogP contribution in [0.25, 0.3) is 5.76 Å². The van der Waals surface area contributed by atoms with E-state index in [9.17, 15) is 29.2 Å². The summed E-state index contributed by atoms with van der Waals surface area (Å²) in [6.45, 7) is 0.811. The van der Waals surface area contributed by atoms with E-state index in [2.05, 4.69) is 0 Å². The summed E-state index contributed by atoms with van der Waals surface area (Å²) in [5, 5.41) is 22.0. The molecule has 1 unspecified atom stereocenters. The van der Waals surface area contributed by atoms with Gasteiger partial charge in [-0.2, -0.15) is 0 Å². The fraction of sp³-hybridized carbons (Fsp3) is 0.273. The number of amides is 1. The van der Waals surface area contributed by atoms with E-state index < -0.39 is 34.2 Å². The Hall–Kier alpha value is -3.59. The van der Waals surface area contributed by atoms with Gasteiger partial charge < -0.3 is 14.9 Å². The second-order valence-electron chi connectivity index (χ2n) is 7.48. The maximum Gasteiger partial charge on any atom is 0.295 e. The van der Waals surface area contributed by atoms with Crippen molar-refractivity contribution in [2.45, 2.75) is 12.5 Å². The minimum absolute atomic E-state index is 0.00170. The number of nitro benzene ring substituents is 1. The number of benzene rings is 2. The number of hydrogen-bond acceptors (Lipinski definition) is 6. The molecular weight excluding hydrogens is 405 g/mol. The van der Waals surface area contributed by atoms with Crippen LogP contribution in [-0.4, -0.2) is 58.7 Å². The van der Waals surface area contributed by atoms with E-state index in [0.717, 1.165) is 6.07 Å². The Morgan fingerprint density at radius 2 is 1.90 bits per heavy atom. The van der Waals surface area contributed by atoms with Crippen LogP contribution in [0.5, 0.6) is 0 Å². The number of aliphatic hydroxyl groups excluding tert-OH is 1. The summed E-state index contributed by atoms with van der Waals surface area (Å²) in [6.07, 6.45) is 0.530. The minimum Gasteiger partial charge on any atom is -0.507 e. The molecule has 1 amide bonds. The summed E-state index contributed by atoms with van der Waals surface area (Å²) in [4.78, 5) is 39.3. The lowest BCUT2D eigenvalue weighted by Crippen LogP contribution is -2.32. The van der Waals surface area contributed by atoms with Crippen molar-refractivity contribution in [1.82, 2.24) is 9.80 Å². The van der Waals surface area contributed by atoms with Gasteiger partial charge in [-0.3, -0.25) is 19.7 Å². The number of Topliss-reactive ketones (excluding diaryl/α,β-unsaturated/α-hetero) is 1. The van der Waals surface area contributed by atoms with Gasteiger partial charge in [-0.15, -0.1) is 0 Å². The molecule has 2 aromatic rings. The zero-order valence-corrected chi connectivity index (χ0v) is 17.1. The molecule has 1 saturated heterocycles. The van der Waals surface area contributed by atoms with Gasteiger partial charge in [0, 0.05) is 29.8 Å². The Morgan fingerprint density at radius 3 is 2.55 bits per heavy atom. The molecule has 0 radical (unpaired) electrons. The van der Waals surface area contributed by atoms with Gasteiger partial charge in [0.1, 0.15) is 11.6 Å². The monoisotopic (exact) mass is 427 g/mol. The van der Waals surface area contributed by atoms with Crippen molar-refractivity contribution in [3.05, 3.63) is 81.2 Å². The number of carbonyl (C=O) groups excluding carboxylic acids is 2. The fourth-order valence-electron chi connectivity index (χ4n) is 3.61. The van der Waals surface area contributed by atoms with Crippen molar-refractivity contribution < 1.29 is 24.0 Å². The second-order valence-corrected chi connectivity index (χ2v) is 7.48. The van der Waals surface area contributed by atoms with Crippen LogP contribution in [0.3, 0.4) is 0 Å². The van der Waals surface area contributed by atoms with E-state index >= 15 is 0 Å². The zero-order valence-electron chi connectivity index (χ0n) is 17.1. The van der Waals surface area contributed by atoms with Gasteiger partial charge in [0.2, 0.25) is 0 Å². The minimum atomic E-state index is -1.14. The third-order valence-corrected chi connectivity index (χ3v) is 5.07. The van der Waals surface area contributed by atoms with Crippen LogP contribution in [0.2, 0.25) is 0 Å². The van der Waals surface area contributed by atoms with Gasteiger partial charge in [0.15, 0.2) is 0 Å². The molecule has 1 aliphatic rings. The topological polar surface area (TPSA) is 104 Å². The third-order valence-electron chi connectivity index (χ3n) is 5.07. The Balaban J connectivity index is 2.14. The Morgan fingerprint density at radius 1 is 1.19 bits per heavy atom. The number of rotatable bonds is 7. The van der Waals surface area contributed by atoms with Crippen molar-refractivity contribution in [1.29, 1.82) is 0 Å². The zero-order chi connectivity index (χ0) is 22.7. The lowest BCUT2D eigenvalue weighted by atomic mass is 9.94. The van der Waals surface area contributed by atoms with Gasteiger partial charge >= 0.3 is 0 Å². The molecule has 0 saturated carbocycles. The average molecular weight is 427 g/mol. The van der Waals surface area contributed by atoms with Gasteiger partial charge in [-0.1, -0.05) is 30.3 Å². The van der Waals surface area contributed by atoms with Crippen LogP contribution < -0.4 is 0 Å². The number of nitro groups is 1. The molecule has 0 bridgehead atoms. The van der Waals surface area contributed by atoms with Crippen molar-refractivity contribution in [3.63, 3.8) is 0 Å². The molecule has 1 fully saturated rings. The lowest BCUT2D eigenvalue weighted by Gasteiger charge is -2.26. The number of ketones is 1. The van der Waals surface area contributed by atoms with Crippen molar-refractivity contribution >= 4 is 23.1 Å². The molecule has 0 aliphatic carbocycles. The number of aliphatic hydroxyl groups is 1. The summed E-state index contributed by atoms with van der Waals surface area (Å²) >= 11 is 0. The van der Waals surface area contributed by atoms with E-state index in [1.165, 1.54) is 41.3 Å². The van der Waals surface area contributed by atoms with Crippen LogP contribution in [-0.2, 0) is 9.59 Å². The molecule has 9 heteroatoms. The molecule has 1 aliphatic heterocycles. The average Bonchev–Trinajstić information content (AvgIpc) is 2.98. The normalized spacial score (nSPS) is 18.1. The summed E-state index contributed by atoms with van der Waals surface area (Å²) in [7, 11) is 3.73. The summed E-state index contributed by atoms with van der Waals surface area (Å²) < 4.78 is 14.7. The number of halogens is 1. The molecule has 8 nitrogen and oxygen atoms in total. The molecule has 2 aromatic carbocycles. The lowest BCUT2D eigenvalue weighted by molar-refractivity contribution is -0.384. The maximum absolute atomic E-state index is 14.7. The first-order chi connectivity index (χ1) is 14.7. The number of carbonyl (C=O) groups is 2. The van der Waals surface area contributed by atoms with Crippen molar-refractivity contribution in [3.8, 4) is 0 Å². The van der Waals surface area contributed by atoms with E-state index in [0.29, 0.717) is 13.0 Å². The highest BCUT2D eigenvalue weighted by Crippen LogP contribution is 2.40. The summed E-state index contributed by atoms with van der Waals surface area (Å²) in [5.74, 6) is -3.01. The highest BCUT2D eigenvalue weighted by molar-refractivity contribution is 6.46. The fourth-order valence-corrected chi connectivity index (χ4v) is 3.61. The van der Waals surface area contributed by atoms with Crippen LogP contribution in [0.1, 0.15) is 23.6 Å². The third kappa shape index (κ3) is 4.46. The van der Waals surface area contributed by atoms with E-state index in [1.807, 2.05) is 19.0 Å². The number of likely N-dealkylation sites (tertiary alicyclic amines) is 1. The first-order valence-electron chi connectivity index (χ1n) is 9.64. The van der Waals surface area contributed by atoms with Crippen LogP contribution in [0, 0.1) is 15.9 Å². The van der Waals surface area contributed by atoms with Crippen LogP contribution in [0.4, 0.5) is 10.1 Å². The first kappa shape index (κ1) is 22.1. The van der Waals surface area contributed by atoms with Crippen molar-refractivity contribution in [2.75, 3.05) is 27.2 Å². The molecule has 1 heterocycles. The van der Waals surface area contributed by atoms with E-state index in [4.69, 9.17) is 0 Å². The number of non-ortho nitro benzene ring substituents is 1. The molecule has 31 heavy (non-hydrogen) atoms. The SMILES string of the molecule is CN(C)CCCN1C(=O)C(=O)/C(=C(/O)c2cccc([N+](=O)[O-])c2)C1c1ccccc1F. The summed E-state index contributed by atoms with van der Waals surface area (Å²) in [5.41, 5.74) is -0.507. The second kappa shape index (κ2) is 9.05. The molecule has 1 N–H and O–H groups in total. The Kier molecular flexibility index (Phi) is 6.45. The van der Waals surface area contributed by atoms with Crippen LogP contribution in [0.15, 0.2) is 54.1 Å². The molecule has 3 rings (SSSR count). The molecule has 1 atom stereocenters. The molecule has 162 valence electrons. The van der Waals surface area contributed by atoms with Gasteiger partial charge in [-0.05, 0) is 33.1 Å². The molecule has 0 aromatic heterocycles. The van der Waals surface area contributed by atoms with Gasteiger partial charge in [0.05, 0.1) is 16.5 Å². The van der Waals surface area contributed by atoms with Gasteiger partial charge in [-0.25, -0.2) is 4.39 Å². The maximum atomic E-state index is 14.7.